The van der Waals surface area contributed by atoms with Gasteiger partial charge in [-0.1, -0.05) is 54.6 Å². The molecule has 0 fully saturated rings. The lowest BCUT2D eigenvalue weighted by Gasteiger charge is -2.11. The van der Waals surface area contributed by atoms with Crippen LogP contribution >= 0.6 is 11.8 Å². The summed E-state index contributed by atoms with van der Waals surface area (Å²) in [5.41, 5.74) is 1.69. The summed E-state index contributed by atoms with van der Waals surface area (Å²) < 4.78 is 0. The number of carboxylic acid groups (broad SMARTS) is 1. The van der Waals surface area contributed by atoms with Gasteiger partial charge in [-0.15, -0.1) is 11.8 Å². The maximum absolute atomic E-state index is 13.0. The van der Waals surface area contributed by atoms with E-state index in [4.69, 9.17) is 0 Å². The lowest BCUT2D eigenvalue weighted by atomic mass is 9.98. The molecular formula is C30H22N2O4S. The van der Waals surface area contributed by atoms with Gasteiger partial charge in [0.25, 0.3) is 5.91 Å². The average molecular weight is 507 g/mol. The number of carbonyl (C=O) groups is 3. The van der Waals surface area contributed by atoms with E-state index in [1.165, 1.54) is 17.8 Å². The van der Waals surface area contributed by atoms with Gasteiger partial charge in [0.15, 0.2) is 0 Å². The van der Waals surface area contributed by atoms with E-state index in [9.17, 15) is 19.5 Å². The van der Waals surface area contributed by atoms with Crippen LogP contribution in [0.3, 0.4) is 0 Å². The van der Waals surface area contributed by atoms with Crippen LogP contribution in [0.4, 0.5) is 11.4 Å². The fourth-order valence-electron chi connectivity index (χ4n) is 4.15. The second-order valence-electron chi connectivity index (χ2n) is 8.39. The van der Waals surface area contributed by atoms with Crippen LogP contribution in [0.15, 0.2) is 108 Å². The van der Waals surface area contributed by atoms with Gasteiger partial charge in [0.05, 0.1) is 11.3 Å². The lowest BCUT2D eigenvalue weighted by Crippen LogP contribution is -2.14. The molecule has 0 heterocycles. The molecule has 3 N–H and O–H groups in total. The molecular weight excluding hydrogens is 484 g/mol. The van der Waals surface area contributed by atoms with E-state index in [1.54, 1.807) is 42.5 Å². The fraction of sp³-hybridized carbons (Fsp3) is 0.0333. The van der Waals surface area contributed by atoms with Crippen molar-refractivity contribution in [2.24, 2.45) is 0 Å². The SMILES string of the molecule is O=C(CSc1ccc(NC(=O)c2cccc3cccc(C(=O)O)c23)cc1)Nc1ccc2ccccc2c1. The number of fused-ring (bicyclic) bond motifs is 2. The van der Waals surface area contributed by atoms with Crippen molar-refractivity contribution in [1.82, 2.24) is 0 Å². The van der Waals surface area contributed by atoms with Gasteiger partial charge in [-0.2, -0.15) is 0 Å². The van der Waals surface area contributed by atoms with Crippen LogP contribution in [-0.2, 0) is 4.79 Å². The minimum atomic E-state index is -1.09. The van der Waals surface area contributed by atoms with E-state index in [0.717, 1.165) is 21.4 Å². The molecule has 0 aliphatic rings. The highest BCUT2D eigenvalue weighted by atomic mass is 32.2. The van der Waals surface area contributed by atoms with Crippen molar-refractivity contribution in [1.29, 1.82) is 0 Å². The van der Waals surface area contributed by atoms with Crippen molar-refractivity contribution in [2.75, 3.05) is 16.4 Å². The molecule has 0 saturated heterocycles. The first-order valence-corrected chi connectivity index (χ1v) is 12.5. The molecule has 0 aromatic heterocycles. The number of hydrogen-bond acceptors (Lipinski definition) is 4. The third-order valence-corrected chi connectivity index (χ3v) is 6.91. The number of aromatic carboxylic acids is 1. The van der Waals surface area contributed by atoms with Crippen LogP contribution < -0.4 is 10.6 Å². The van der Waals surface area contributed by atoms with Gasteiger partial charge in [-0.25, -0.2) is 4.79 Å². The molecule has 0 atom stereocenters. The molecule has 5 aromatic rings. The van der Waals surface area contributed by atoms with Crippen LogP contribution in [0, 0.1) is 0 Å². The number of thioether (sulfide) groups is 1. The van der Waals surface area contributed by atoms with Crippen LogP contribution in [-0.4, -0.2) is 28.6 Å². The number of nitrogens with one attached hydrogen (secondary N) is 2. The molecule has 0 bridgehead atoms. The number of rotatable bonds is 7. The van der Waals surface area contributed by atoms with Gasteiger partial charge in [0.1, 0.15) is 0 Å². The zero-order chi connectivity index (χ0) is 25.8. The molecule has 0 radical (unpaired) electrons. The van der Waals surface area contributed by atoms with E-state index >= 15 is 0 Å². The first kappa shape index (κ1) is 24.1. The van der Waals surface area contributed by atoms with Gasteiger partial charge >= 0.3 is 5.97 Å². The Morgan fingerprint density at radius 3 is 2.03 bits per heavy atom. The zero-order valence-corrected chi connectivity index (χ0v) is 20.4. The standard InChI is InChI=1S/C30H22N2O4S/c33-27(31-23-12-11-19-5-1-2-6-21(19)17-23)18-37-24-15-13-22(14-16-24)32-29(34)25-9-3-7-20-8-4-10-26(28(20)25)30(35)36/h1-17H,18H2,(H,31,33)(H,32,34)(H,35,36). The van der Waals surface area contributed by atoms with Crippen LogP contribution in [0.5, 0.6) is 0 Å². The Hall–Kier alpha value is -4.62. The summed E-state index contributed by atoms with van der Waals surface area (Å²) in [5, 5.41) is 18.6. The molecule has 0 spiro atoms. The number of amides is 2. The molecule has 5 aromatic carbocycles. The van der Waals surface area contributed by atoms with Crippen LogP contribution in [0.1, 0.15) is 20.7 Å². The molecule has 0 aliphatic carbocycles. The average Bonchev–Trinajstić information content (AvgIpc) is 2.91. The highest BCUT2D eigenvalue weighted by Crippen LogP contribution is 2.26. The van der Waals surface area contributed by atoms with E-state index < -0.39 is 11.9 Å². The van der Waals surface area contributed by atoms with E-state index in [0.29, 0.717) is 22.0 Å². The fourth-order valence-corrected chi connectivity index (χ4v) is 4.85. The molecule has 7 heteroatoms. The van der Waals surface area contributed by atoms with Gasteiger partial charge in [0.2, 0.25) is 5.91 Å². The summed E-state index contributed by atoms with van der Waals surface area (Å²) in [6.07, 6.45) is 0. The maximum atomic E-state index is 13.0. The summed E-state index contributed by atoms with van der Waals surface area (Å²) in [5.74, 6) is -1.35. The minimum Gasteiger partial charge on any atom is -0.478 e. The predicted octanol–water partition coefficient (Wildman–Crippen LogP) is 6.67. The van der Waals surface area contributed by atoms with E-state index in [2.05, 4.69) is 10.6 Å². The van der Waals surface area contributed by atoms with Gasteiger partial charge in [-0.05, 0) is 64.7 Å². The highest BCUT2D eigenvalue weighted by molar-refractivity contribution is 8.00. The highest BCUT2D eigenvalue weighted by Gasteiger charge is 2.16. The molecule has 0 aliphatic heterocycles. The Labute approximate surface area is 217 Å². The largest absolute Gasteiger partial charge is 0.478 e. The Bertz CT molecular complexity index is 1640. The predicted molar refractivity (Wildman–Crippen MR) is 149 cm³/mol. The molecule has 37 heavy (non-hydrogen) atoms. The lowest BCUT2D eigenvalue weighted by molar-refractivity contribution is -0.113. The summed E-state index contributed by atoms with van der Waals surface area (Å²) >= 11 is 1.39. The van der Waals surface area contributed by atoms with Gasteiger partial charge < -0.3 is 15.7 Å². The quantitative estimate of drug-likeness (QED) is 0.214. The van der Waals surface area contributed by atoms with E-state index in [1.807, 2.05) is 54.6 Å². The van der Waals surface area contributed by atoms with Gasteiger partial charge in [0, 0.05) is 27.2 Å². The minimum absolute atomic E-state index is 0.0805. The Morgan fingerprint density at radius 1 is 0.649 bits per heavy atom. The number of carbonyl (C=O) groups excluding carboxylic acids is 2. The summed E-state index contributed by atoms with van der Waals surface area (Å²) in [6, 6.07) is 31.0. The second kappa shape index (κ2) is 10.6. The van der Waals surface area contributed by atoms with Crippen LogP contribution in [0.2, 0.25) is 0 Å². The summed E-state index contributed by atoms with van der Waals surface area (Å²) in [4.78, 5) is 38.0. The summed E-state index contributed by atoms with van der Waals surface area (Å²) in [7, 11) is 0. The second-order valence-corrected chi connectivity index (χ2v) is 9.44. The Balaban J connectivity index is 1.21. The third kappa shape index (κ3) is 5.47. The van der Waals surface area contributed by atoms with Crippen molar-refractivity contribution in [3.8, 4) is 0 Å². The van der Waals surface area contributed by atoms with Crippen molar-refractivity contribution < 1.29 is 19.5 Å². The zero-order valence-electron chi connectivity index (χ0n) is 19.6. The first-order valence-electron chi connectivity index (χ1n) is 11.6. The monoisotopic (exact) mass is 506 g/mol. The number of anilines is 2. The van der Waals surface area contributed by atoms with Crippen LogP contribution in [0.25, 0.3) is 21.5 Å². The number of carboxylic acids is 1. The maximum Gasteiger partial charge on any atom is 0.336 e. The third-order valence-electron chi connectivity index (χ3n) is 5.90. The topological polar surface area (TPSA) is 95.5 Å². The van der Waals surface area contributed by atoms with Crippen molar-refractivity contribution in [3.05, 3.63) is 114 Å². The molecule has 0 unspecified atom stereocenters. The number of hydrogen-bond donors (Lipinski definition) is 3. The molecule has 6 nitrogen and oxygen atoms in total. The van der Waals surface area contributed by atoms with E-state index in [-0.39, 0.29) is 17.2 Å². The first-order chi connectivity index (χ1) is 18.0. The molecule has 2 amide bonds. The van der Waals surface area contributed by atoms with Crippen molar-refractivity contribution in [3.63, 3.8) is 0 Å². The molecule has 5 rings (SSSR count). The number of benzene rings is 5. The van der Waals surface area contributed by atoms with Crippen molar-refractivity contribution in [2.45, 2.75) is 4.90 Å². The molecule has 182 valence electrons. The van der Waals surface area contributed by atoms with Crippen molar-refractivity contribution >= 4 is 62.5 Å². The molecule has 0 saturated carbocycles. The van der Waals surface area contributed by atoms with Gasteiger partial charge in [-0.3, -0.25) is 9.59 Å². The Morgan fingerprint density at radius 2 is 1.30 bits per heavy atom. The summed E-state index contributed by atoms with van der Waals surface area (Å²) in [6.45, 7) is 0. The normalized spacial score (nSPS) is 10.8. The Kier molecular flexibility index (Phi) is 6.87. The smallest absolute Gasteiger partial charge is 0.336 e.